The zero-order valence-corrected chi connectivity index (χ0v) is 22.9. The number of aromatic hydroxyl groups is 1. The van der Waals surface area contributed by atoms with E-state index >= 15 is 0 Å². The van der Waals surface area contributed by atoms with Gasteiger partial charge in [0.15, 0.2) is 0 Å². The second-order valence-electron chi connectivity index (χ2n) is 11.3. The van der Waals surface area contributed by atoms with Crippen molar-refractivity contribution in [1.82, 2.24) is 9.80 Å². The summed E-state index contributed by atoms with van der Waals surface area (Å²) in [5.74, 6) is 2.51. The van der Waals surface area contributed by atoms with Gasteiger partial charge in [0.2, 0.25) is 0 Å². The number of likely N-dealkylation sites (N-methyl/N-ethyl adjacent to an activating group) is 1. The zero-order valence-electron chi connectivity index (χ0n) is 22.9. The summed E-state index contributed by atoms with van der Waals surface area (Å²) in [4.78, 5) is 5.01. The monoisotopic (exact) mass is 516 g/mol. The molecule has 0 bridgehead atoms. The van der Waals surface area contributed by atoms with E-state index in [1.54, 1.807) is 0 Å². The minimum Gasteiger partial charge on any atom is -0.508 e. The number of phenols is 1. The lowest BCUT2D eigenvalue weighted by molar-refractivity contribution is 0.150. The van der Waals surface area contributed by atoms with Gasteiger partial charge in [-0.05, 0) is 117 Å². The Morgan fingerprint density at radius 2 is 1.76 bits per heavy atom. The summed E-state index contributed by atoms with van der Waals surface area (Å²) in [6.45, 7) is 8.10. The van der Waals surface area contributed by atoms with Crippen LogP contribution in [0.4, 0.5) is 0 Å². The molecule has 0 saturated carbocycles. The van der Waals surface area contributed by atoms with Crippen molar-refractivity contribution in [3.63, 3.8) is 0 Å². The van der Waals surface area contributed by atoms with Crippen molar-refractivity contribution in [1.29, 1.82) is 0 Å². The SMILES string of the molecule is CCN(Cc1ccc(OCCN2CCCCCC2)cc1)C1C=C(O)C=CC1[C@@H]1CCc2cc(O)ccc2C1. The second-order valence-corrected chi connectivity index (χ2v) is 11.3. The van der Waals surface area contributed by atoms with Crippen molar-refractivity contribution in [3.05, 3.63) is 83.1 Å². The first-order valence-corrected chi connectivity index (χ1v) is 14.7. The summed E-state index contributed by atoms with van der Waals surface area (Å²) in [7, 11) is 0. The van der Waals surface area contributed by atoms with E-state index in [0.717, 1.165) is 51.3 Å². The molecular formula is C33H44N2O3. The second kappa shape index (κ2) is 12.9. The number of hydrogen-bond donors (Lipinski definition) is 2. The van der Waals surface area contributed by atoms with Gasteiger partial charge in [-0.15, -0.1) is 0 Å². The predicted octanol–water partition coefficient (Wildman–Crippen LogP) is 6.27. The predicted molar refractivity (Wildman–Crippen MR) is 154 cm³/mol. The lowest BCUT2D eigenvalue weighted by Crippen LogP contribution is -2.43. The molecule has 1 fully saturated rings. The van der Waals surface area contributed by atoms with Gasteiger partial charge >= 0.3 is 0 Å². The number of aliphatic hydroxyl groups is 1. The van der Waals surface area contributed by atoms with Crippen LogP contribution < -0.4 is 4.74 Å². The van der Waals surface area contributed by atoms with Crippen LogP contribution in [0.3, 0.4) is 0 Å². The van der Waals surface area contributed by atoms with Crippen molar-refractivity contribution < 1.29 is 14.9 Å². The van der Waals surface area contributed by atoms with Crippen LogP contribution in [0.5, 0.6) is 11.5 Å². The Bertz CT molecular complexity index is 1100. The van der Waals surface area contributed by atoms with Crippen LogP contribution in [0.25, 0.3) is 0 Å². The van der Waals surface area contributed by atoms with Gasteiger partial charge in [-0.3, -0.25) is 9.80 Å². The zero-order chi connectivity index (χ0) is 26.3. The highest BCUT2D eigenvalue weighted by Gasteiger charge is 2.34. The molecule has 5 heteroatoms. The lowest BCUT2D eigenvalue weighted by Gasteiger charge is -2.40. The van der Waals surface area contributed by atoms with Gasteiger partial charge < -0.3 is 14.9 Å². The number of fused-ring (bicyclic) bond motifs is 1. The number of likely N-dealkylation sites (tertiary alicyclic amines) is 1. The molecule has 1 saturated heterocycles. The molecule has 5 rings (SSSR count). The third-order valence-electron chi connectivity index (χ3n) is 8.74. The topological polar surface area (TPSA) is 56.2 Å². The minimum absolute atomic E-state index is 0.151. The van der Waals surface area contributed by atoms with Gasteiger partial charge in [0.05, 0.1) is 0 Å². The van der Waals surface area contributed by atoms with Crippen LogP contribution >= 0.6 is 0 Å². The molecule has 1 aliphatic heterocycles. The summed E-state index contributed by atoms with van der Waals surface area (Å²) in [5, 5.41) is 20.3. The number of hydrogen-bond acceptors (Lipinski definition) is 5. The Morgan fingerprint density at radius 3 is 2.53 bits per heavy atom. The number of benzene rings is 2. The van der Waals surface area contributed by atoms with E-state index in [2.05, 4.69) is 53.1 Å². The molecule has 3 atom stereocenters. The number of allylic oxidation sites excluding steroid dienone is 1. The molecule has 5 nitrogen and oxygen atoms in total. The number of aryl methyl sites for hydroxylation is 1. The lowest BCUT2D eigenvalue weighted by atomic mass is 9.72. The molecule has 0 spiro atoms. The first-order valence-electron chi connectivity index (χ1n) is 14.7. The molecular weight excluding hydrogens is 472 g/mol. The number of phenolic OH excluding ortho intramolecular Hbond substituents is 1. The van der Waals surface area contributed by atoms with E-state index in [0.29, 0.717) is 23.3 Å². The van der Waals surface area contributed by atoms with Crippen LogP contribution in [-0.4, -0.2) is 58.8 Å². The van der Waals surface area contributed by atoms with Crippen molar-refractivity contribution in [2.45, 2.75) is 64.5 Å². The third kappa shape index (κ3) is 6.81. The quantitative estimate of drug-likeness (QED) is 0.411. The van der Waals surface area contributed by atoms with Crippen molar-refractivity contribution in [2.24, 2.45) is 11.8 Å². The largest absolute Gasteiger partial charge is 0.508 e. The normalized spacial score (nSPS) is 24.1. The third-order valence-corrected chi connectivity index (χ3v) is 8.74. The first-order chi connectivity index (χ1) is 18.6. The van der Waals surface area contributed by atoms with Crippen molar-refractivity contribution >= 4 is 0 Å². The van der Waals surface area contributed by atoms with Crippen molar-refractivity contribution in [3.8, 4) is 11.5 Å². The smallest absolute Gasteiger partial charge is 0.119 e. The fourth-order valence-corrected chi connectivity index (χ4v) is 6.55. The Morgan fingerprint density at radius 1 is 0.974 bits per heavy atom. The Hall–Kier alpha value is -2.76. The maximum atomic E-state index is 10.4. The highest BCUT2D eigenvalue weighted by Crippen LogP contribution is 2.37. The van der Waals surface area contributed by atoms with Gasteiger partial charge in [-0.1, -0.05) is 44.0 Å². The fourth-order valence-electron chi connectivity index (χ4n) is 6.55. The molecule has 3 aliphatic rings. The highest BCUT2D eigenvalue weighted by atomic mass is 16.5. The molecule has 2 unspecified atom stereocenters. The molecule has 204 valence electrons. The molecule has 0 amide bonds. The van der Waals surface area contributed by atoms with E-state index in [-0.39, 0.29) is 6.04 Å². The molecule has 38 heavy (non-hydrogen) atoms. The average molecular weight is 517 g/mol. The van der Waals surface area contributed by atoms with E-state index in [4.69, 9.17) is 4.74 Å². The Balaban J connectivity index is 1.20. The number of rotatable bonds is 9. The van der Waals surface area contributed by atoms with E-state index < -0.39 is 0 Å². The van der Waals surface area contributed by atoms with Gasteiger partial charge in [0.1, 0.15) is 23.9 Å². The standard InChI is InChI=1S/C33H44N2O3/c1-2-35(24-25-7-14-31(15-8-25)38-20-19-34-17-5-3-4-6-18-34)33-23-30(37)13-16-32(33)28-10-9-27-22-29(36)12-11-26(27)21-28/h7-8,11-16,22-23,28,32-33,36-37H,2-6,9-10,17-21,24H2,1H3/t28-,32?,33?/m1/s1. The molecule has 2 aliphatic carbocycles. The van der Waals surface area contributed by atoms with E-state index in [1.807, 2.05) is 24.3 Å². The van der Waals surface area contributed by atoms with E-state index in [1.165, 1.54) is 55.5 Å². The van der Waals surface area contributed by atoms with Crippen molar-refractivity contribution in [2.75, 3.05) is 32.8 Å². The molecule has 0 radical (unpaired) electrons. The van der Waals surface area contributed by atoms with Crippen LogP contribution in [0.1, 0.15) is 55.7 Å². The first kappa shape index (κ1) is 26.8. The Kier molecular flexibility index (Phi) is 9.08. The summed E-state index contributed by atoms with van der Waals surface area (Å²) in [5.41, 5.74) is 3.88. The number of ether oxygens (including phenoxy) is 1. The summed E-state index contributed by atoms with van der Waals surface area (Å²) < 4.78 is 6.08. The van der Waals surface area contributed by atoms with Crippen LogP contribution in [-0.2, 0) is 19.4 Å². The van der Waals surface area contributed by atoms with Gasteiger partial charge in [-0.2, -0.15) is 0 Å². The molecule has 2 aromatic carbocycles. The highest BCUT2D eigenvalue weighted by molar-refractivity contribution is 5.37. The van der Waals surface area contributed by atoms with E-state index in [9.17, 15) is 10.2 Å². The molecule has 0 aromatic heterocycles. The number of nitrogens with zero attached hydrogens (tertiary/aromatic N) is 2. The van der Waals surface area contributed by atoms with Gasteiger partial charge in [0.25, 0.3) is 0 Å². The van der Waals surface area contributed by atoms with Gasteiger partial charge in [-0.25, -0.2) is 0 Å². The van der Waals surface area contributed by atoms with Crippen LogP contribution in [0.15, 0.2) is 66.5 Å². The molecule has 1 heterocycles. The number of aliphatic hydroxyl groups excluding tert-OH is 1. The maximum Gasteiger partial charge on any atom is 0.119 e. The summed E-state index contributed by atoms with van der Waals surface area (Å²) >= 11 is 0. The summed E-state index contributed by atoms with van der Waals surface area (Å²) in [6.07, 6.45) is 14.6. The van der Waals surface area contributed by atoms with Crippen LogP contribution in [0.2, 0.25) is 0 Å². The molecule has 2 N–H and O–H groups in total. The van der Waals surface area contributed by atoms with Crippen LogP contribution in [0, 0.1) is 11.8 Å². The summed E-state index contributed by atoms with van der Waals surface area (Å²) in [6, 6.07) is 14.5. The van der Waals surface area contributed by atoms with Gasteiger partial charge in [0, 0.05) is 19.1 Å². The fraction of sp³-hybridized carbons (Fsp3) is 0.515. The molecule has 2 aromatic rings. The maximum absolute atomic E-state index is 10.4. The minimum atomic E-state index is 0.151. The Labute approximate surface area is 228 Å². The average Bonchev–Trinajstić information content (AvgIpc) is 3.21.